The Labute approximate surface area is 131 Å². The van der Waals surface area contributed by atoms with Gasteiger partial charge in [0.1, 0.15) is 6.04 Å². The van der Waals surface area contributed by atoms with Crippen LogP contribution in [0.1, 0.15) is 23.3 Å². The summed E-state index contributed by atoms with van der Waals surface area (Å²) in [5.74, 6) is -0.0941. The van der Waals surface area contributed by atoms with E-state index in [9.17, 15) is 9.90 Å². The first-order chi connectivity index (χ1) is 10.1. The van der Waals surface area contributed by atoms with E-state index in [0.29, 0.717) is 6.54 Å². The topological polar surface area (TPSA) is 61.4 Å². The van der Waals surface area contributed by atoms with Crippen molar-refractivity contribution < 1.29 is 9.90 Å². The number of fused-ring (bicyclic) bond motifs is 1. The fraction of sp³-hybridized carbons (Fsp3) is 0.188. The summed E-state index contributed by atoms with van der Waals surface area (Å²) in [6.07, 6.45) is -0.643. The Balaban J connectivity index is 1.72. The molecular formula is C16H15BrN2O2. The third kappa shape index (κ3) is 3.00. The average Bonchev–Trinajstić information content (AvgIpc) is 2.80. The lowest BCUT2D eigenvalue weighted by Gasteiger charge is -2.16. The molecule has 0 saturated carbocycles. The third-order valence-corrected chi connectivity index (χ3v) is 4.04. The Morgan fingerprint density at radius 3 is 2.76 bits per heavy atom. The molecule has 1 heterocycles. The minimum Gasteiger partial charge on any atom is -0.387 e. The van der Waals surface area contributed by atoms with Crippen molar-refractivity contribution >= 4 is 27.5 Å². The van der Waals surface area contributed by atoms with Gasteiger partial charge >= 0.3 is 0 Å². The second kappa shape index (κ2) is 5.97. The van der Waals surface area contributed by atoms with E-state index in [2.05, 4.69) is 26.6 Å². The largest absolute Gasteiger partial charge is 0.387 e. The molecule has 3 N–H and O–H groups in total. The molecule has 0 aromatic heterocycles. The highest BCUT2D eigenvalue weighted by molar-refractivity contribution is 9.10. The molecule has 2 atom stereocenters. The number of halogens is 1. The SMILES string of the molecule is O=C1Nc2ccc(Br)cc2C1NCC(O)c1ccccc1. The Morgan fingerprint density at radius 2 is 2.00 bits per heavy atom. The quantitative estimate of drug-likeness (QED) is 0.797. The Kier molecular flexibility index (Phi) is 4.05. The average molecular weight is 347 g/mol. The first kappa shape index (κ1) is 14.3. The molecule has 1 aliphatic heterocycles. The summed E-state index contributed by atoms with van der Waals surface area (Å²) in [6.45, 7) is 0.314. The van der Waals surface area contributed by atoms with Crippen LogP contribution < -0.4 is 10.6 Å². The zero-order chi connectivity index (χ0) is 14.8. The predicted molar refractivity (Wildman–Crippen MR) is 84.9 cm³/mol. The van der Waals surface area contributed by atoms with E-state index in [1.165, 1.54) is 0 Å². The molecule has 4 nitrogen and oxygen atoms in total. The van der Waals surface area contributed by atoms with Crippen molar-refractivity contribution in [2.75, 3.05) is 11.9 Å². The van der Waals surface area contributed by atoms with Gasteiger partial charge in [-0.05, 0) is 23.8 Å². The summed E-state index contributed by atoms with van der Waals surface area (Å²) in [7, 11) is 0. The van der Waals surface area contributed by atoms with E-state index in [-0.39, 0.29) is 5.91 Å². The third-order valence-electron chi connectivity index (χ3n) is 3.54. The number of carbonyl (C=O) groups is 1. The highest BCUT2D eigenvalue weighted by Gasteiger charge is 2.30. The molecule has 1 aliphatic rings. The van der Waals surface area contributed by atoms with Gasteiger partial charge in [-0.1, -0.05) is 46.3 Å². The van der Waals surface area contributed by atoms with E-state index in [0.717, 1.165) is 21.3 Å². The minimum atomic E-state index is -0.643. The summed E-state index contributed by atoms with van der Waals surface area (Å²) in [6, 6.07) is 14.6. The minimum absolute atomic E-state index is 0.0941. The number of carbonyl (C=O) groups excluding carboxylic acids is 1. The highest BCUT2D eigenvalue weighted by atomic mass is 79.9. The van der Waals surface area contributed by atoms with Gasteiger partial charge in [-0.3, -0.25) is 10.1 Å². The van der Waals surface area contributed by atoms with Gasteiger partial charge in [0.2, 0.25) is 5.91 Å². The number of benzene rings is 2. The van der Waals surface area contributed by atoms with Crippen molar-refractivity contribution in [3.8, 4) is 0 Å². The molecule has 3 rings (SSSR count). The van der Waals surface area contributed by atoms with Gasteiger partial charge in [-0.25, -0.2) is 0 Å². The van der Waals surface area contributed by atoms with Crippen LogP contribution in [0, 0.1) is 0 Å². The fourth-order valence-electron chi connectivity index (χ4n) is 2.46. The molecule has 5 heteroatoms. The van der Waals surface area contributed by atoms with Crippen LogP contribution in [0.15, 0.2) is 53.0 Å². The number of aliphatic hydroxyl groups excluding tert-OH is 1. The molecular weight excluding hydrogens is 332 g/mol. The molecule has 1 amide bonds. The van der Waals surface area contributed by atoms with Gasteiger partial charge in [-0.15, -0.1) is 0 Å². The predicted octanol–water partition coefficient (Wildman–Crippen LogP) is 2.77. The van der Waals surface area contributed by atoms with Crippen molar-refractivity contribution in [3.05, 3.63) is 64.1 Å². The first-order valence-electron chi connectivity index (χ1n) is 6.72. The maximum atomic E-state index is 12.0. The van der Waals surface area contributed by atoms with Crippen molar-refractivity contribution in [1.29, 1.82) is 0 Å². The van der Waals surface area contributed by atoms with Crippen LogP contribution >= 0.6 is 15.9 Å². The smallest absolute Gasteiger partial charge is 0.246 e. The Hall–Kier alpha value is -1.69. The fourth-order valence-corrected chi connectivity index (χ4v) is 2.84. The molecule has 2 aromatic carbocycles. The molecule has 0 bridgehead atoms. The van der Waals surface area contributed by atoms with Crippen LogP contribution in [-0.4, -0.2) is 17.6 Å². The summed E-state index contributed by atoms with van der Waals surface area (Å²) in [5, 5.41) is 16.1. The molecule has 0 fully saturated rings. The lowest BCUT2D eigenvalue weighted by atomic mass is 10.1. The maximum Gasteiger partial charge on any atom is 0.246 e. The van der Waals surface area contributed by atoms with E-state index in [1.807, 2.05) is 48.5 Å². The van der Waals surface area contributed by atoms with E-state index >= 15 is 0 Å². The first-order valence-corrected chi connectivity index (χ1v) is 7.51. The zero-order valence-electron chi connectivity index (χ0n) is 11.2. The number of rotatable bonds is 4. The number of amides is 1. The van der Waals surface area contributed by atoms with Crippen LogP contribution in [0.3, 0.4) is 0 Å². The van der Waals surface area contributed by atoms with Crippen LogP contribution in [0.5, 0.6) is 0 Å². The van der Waals surface area contributed by atoms with Crippen LogP contribution in [0.2, 0.25) is 0 Å². The van der Waals surface area contributed by atoms with Crippen molar-refractivity contribution in [3.63, 3.8) is 0 Å². The molecule has 108 valence electrons. The van der Waals surface area contributed by atoms with Gasteiger partial charge in [0.05, 0.1) is 6.10 Å². The van der Waals surface area contributed by atoms with Gasteiger partial charge in [0.15, 0.2) is 0 Å². The van der Waals surface area contributed by atoms with E-state index in [1.54, 1.807) is 0 Å². The molecule has 21 heavy (non-hydrogen) atoms. The van der Waals surface area contributed by atoms with Crippen molar-refractivity contribution in [1.82, 2.24) is 5.32 Å². The number of hydrogen-bond acceptors (Lipinski definition) is 3. The lowest BCUT2D eigenvalue weighted by Crippen LogP contribution is -2.31. The maximum absolute atomic E-state index is 12.0. The molecule has 0 aliphatic carbocycles. The van der Waals surface area contributed by atoms with E-state index < -0.39 is 12.1 Å². The molecule has 0 saturated heterocycles. The summed E-state index contributed by atoms with van der Waals surface area (Å²) in [4.78, 5) is 12.0. The van der Waals surface area contributed by atoms with Crippen LogP contribution in [0.4, 0.5) is 5.69 Å². The monoisotopic (exact) mass is 346 g/mol. The van der Waals surface area contributed by atoms with Gasteiger partial charge < -0.3 is 10.4 Å². The number of hydrogen-bond donors (Lipinski definition) is 3. The molecule has 2 aromatic rings. The van der Waals surface area contributed by atoms with Crippen molar-refractivity contribution in [2.45, 2.75) is 12.1 Å². The normalized spacial score (nSPS) is 18.2. The van der Waals surface area contributed by atoms with E-state index in [4.69, 9.17) is 0 Å². The Morgan fingerprint density at radius 1 is 1.24 bits per heavy atom. The van der Waals surface area contributed by atoms with Crippen LogP contribution in [0.25, 0.3) is 0 Å². The van der Waals surface area contributed by atoms with Gasteiger partial charge in [0, 0.05) is 22.3 Å². The molecule has 2 unspecified atom stereocenters. The summed E-state index contributed by atoms with van der Waals surface area (Å²) >= 11 is 3.41. The standard InChI is InChI=1S/C16H15BrN2O2/c17-11-6-7-13-12(8-11)15(16(21)19-13)18-9-14(20)10-4-2-1-3-5-10/h1-8,14-15,18,20H,9H2,(H,19,21). The summed E-state index contributed by atoms with van der Waals surface area (Å²) < 4.78 is 0.924. The zero-order valence-corrected chi connectivity index (χ0v) is 12.8. The summed E-state index contributed by atoms with van der Waals surface area (Å²) in [5.41, 5.74) is 2.54. The number of aliphatic hydroxyl groups is 1. The number of anilines is 1. The Bertz CT molecular complexity index is 661. The number of nitrogens with one attached hydrogen (secondary N) is 2. The second-order valence-electron chi connectivity index (χ2n) is 4.99. The lowest BCUT2D eigenvalue weighted by molar-refractivity contribution is -0.117. The van der Waals surface area contributed by atoms with Gasteiger partial charge in [-0.2, -0.15) is 0 Å². The van der Waals surface area contributed by atoms with Crippen molar-refractivity contribution in [2.24, 2.45) is 0 Å². The molecule has 0 spiro atoms. The highest BCUT2D eigenvalue weighted by Crippen LogP contribution is 2.33. The molecule has 0 radical (unpaired) electrons. The van der Waals surface area contributed by atoms with Gasteiger partial charge in [0.25, 0.3) is 0 Å². The van der Waals surface area contributed by atoms with Crippen LogP contribution in [-0.2, 0) is 4.79 Å². The second-order valence-corrected chi connectivity index (χ2v) is 5.90.